The first-order valence-electron chi connectivity index (χ1n) is 10.3. The van der Waals surface area contributed by atoms with Crippen molar-refractivity contribution in [2.45, 2.75) is 25.7 Å². The molecule has 132 valence electrons. The molecule has 0 bridgehead atoms. The van der Waals surface area contributed by atoms with E-state index in [1.807, 2.05) is 0 Å². The Bertz CT molecular complexity index is 1310. The van der Waals surface area contributed by atoms with Gasteiger partial charge in [-0.15, -0.1) is 0 Å². The second-order valence-electron chi connectivity index (χ2n) is 8.45. The predicted molar refractivity (Wildman–Crippen MR) is 115 cm³/mol. The molecular weight excluding hydrogens is 336 g/mol. The molecule has 7 rings (SSSR count). The summed E-state index contributed by atoms with van der Waals surface area (Å²) < 4.78 is 0. The van der Waals surface area contributed by atoms with Crippen LogP contribution in [0.5, 0.6) is 0 Å². The largest absolute Gasteiger partial charge is 0.0620 e. The molecule has 0 heteroatoms. The lowest BCUT2D eigenvalue weighted by molar-refractivity contribution is 0.977. The Morgan fingerprint density at radius 3 is 1.32 bits per heavy atom. The summed E-state index contributed by atoms with van der Waals surface area (Å²) in [6.45, 7) is 0. The standard InChI is InChI=1S/C28H20/c1-2-8-18-14-24-23(13-17(18)7-1)25-15-19-9-3-5-11-21(19)28(25)26-16-20-10-4-6-12-22(20)27(24)26/h1-12H,13-16H2. The average molecular weight is 356 g/mol. The van der Waals surface area contributed by atoms with Gasteiger partial charge < -0.3 is 0 Å². The van der Waals surface area contributed by atoms with E-state index in [9.17, 15) is 0 Å². The summed E-state index contributed by atoms with van der Waals surface area (Å²) in [5, 5.41) is 0. The van der Waals surface area contributed by atoms with Gasteiger partial charge in [0.05, 0.1) is 0 Å². The fourth-order valence-corrected chi connectivity index (χ4v) is 5.90. The van der Waals surface area contributed by atoms with Gasteiger partial charge in [-0.05, 0) is 92.4 Å². The lowest BCUT2D eigenvalue weighted by Gasteiger charge is -2.26. The minimum atomic E-state index is 1.08. The Morgan fingerprint density at radius 2 is 0.750 bits per heavy atom. The summed E-state index contributed by atoms with van der Waals surface area (Å²) >= 11 is 0. The molecular formula is C28H20. The number of rotatable bonds is 0. The highest BCUT2D eigenvalue weighted by Gasteiger charge is 2.34. The smallest absolute Gasteiger partial charge is 0.000707 e. The van der Waals surface area contributed by atoms with Crippen LogP contribution in [0, 0.1) is 0 Å². The Labute approximate surface area is 165 Å². The molecule has 0 amide bonds. The number of hydrogen-bond acceptors (Lipinski definition) is 0. The summed E-state index contributed by atoms with van der Waals surface area (Å²) in [4.78, 5) is 0. The molecule has 0 radical (unpaired) electrons. The van der Waals surface area contributed by atoms with Gasteiger partial charge in [-0.1, -0.05) is 72.8 Å². The van der Waals surface area contributed by atoms with E-state index in [0.717, 1.165) is 25.7 Å². The van der Waals surface area contributed by atoms with E-state index < -0.39 is 0 Å². The maximum absolute atomic E-state index is 2.34. The van der Waals surface area contributed by atoms with Crippen molar-refractivity contribution in [2.24, 2.45) is 0 Å². The molecule has 28 heavy (non-hydrogen) atoms. The Morgan fingerprint density at radius 1 is 0.357 bits per heavy atom. The maximum Gasteiger partial charge on any atom is -0.000707 e. The van der Waals surface area contributed by atoms with Gasteiger partial charge in [-0.2, -0.15) is 0 Å². The van der Waals surface area contributed by atoms with E-state index in [1.165, 1.54) is 33.4 Å². The summed E-state index contributed by atoms with van der Waals surface area (Å²) in [7, 11) is 0. The highest BCUT2D eigenvalue weighted by atomic mass is 14.4. The monoisotopic (exact) mass is 356 g/mol. The molecule has 0 aliphatic heterocycles. The molecule has 0 saturated heterocycles. The maximum atomic E-state index is 2.34. The van der Waals surface area contributed by atoms with Crippen molar-refractivity contribution in [2.75, 3.05) is 0 Å². The van der Waals surface area contributed by atoms with Crippen molar-refractivity contribution in [3.8, 4) is 22.3 Å². The summed E-state index contributed by atoms with van der Waals surface area (Å²) in [6, 6.07) is 27.2. The zero-order valence-corrected chi connectivity index (χ0v) is 15.8. The van der Waals surface area contributed by atoms with Gasteiger partial charge in [0.1, 0.15) is 0 Å². The van der Waals surface area contributed by atoms with Crippen molar-refractivity contribution in [3.63, 3.8) is 0 Å². The molecule has 0 N–H and O–H groups in total. The summed E-state index contributed by atoms with van der Waals surface area (Å²) in [5.74, 6) is 0. The van der Waals surface area contributed by atoms with Crippen LogP contribution in [0.2, 0.25) is 0 Å². The van der Waals surface area contributed by atoms with Gasteiger partial charge in [-0.25, -0.2) is 0 Å². The van der Waals surface area contributed by atoms with Gasteiger partial charge >= 0.3 is 0 Å². The third-order valence-corrected chi connectivity index (χ3v) is 7.10. The first-order chi connectivity index (χ1) is 13.9. The molecule has 4 aromatic carbocycles. The van der Waals surface area contributed by atoms with Gasteiger partial charge in [0.25, 0.3) is 0 Å². The highest BCUT2D eigenvalue weighted by Crippen LogP contribution is 2.52. The fraction of sp³-hybridized carbons (Fsp3) is 0.143. The number of fused-ring (bicyclic) bond motifs is 11. The van der Waals surface area contributed by atoms with Crippen LogP contribution < -0.4 is 0 Å². The van der Waals surface area contributed by atoms with Crippen molar-refractivity contribution >= 4 is 0 Å². The molecule has 0 nitrogen and oxygen atoms in total. The van der Waals surface area contributed by atoms with E-state index in [1.54, 1.807) is 33.4 Å². The van der Waals surface area contributed by atoms with Gasteiger partial charge in [0.15, 0.2) is 0 Å². The van der Waals surface area contributed by atoms with Crippen LogP contribution in [-0.4, -0.2) is 0 Å². The van der Waals surface area contributed by atoms with Gasteiger partial charge in [0.2, 0.25) is 0 Å². The minimum Gasteiger partial charge on any atom is -0.0620 e. The first kappa shape index (κ1) is 14.9. The minimum absolute atomic E-state index is 1.08. The first-order valence-corrected chi connectivity index (χ1v) is 10.3. The van der Waals surface area contributed by atoms with E-state index in [4.69, 9.17) is 0 Å². The molecule has 0 spiro atoms. The SMILES string of the molecule is c1ccc2c(c1)Cc1c(c3c(c4c1Cc1ccccc1-4)Cc1ccccc1-3)C2. The number of benzene rings is 4. The van der Waals surface area contributed by atoms with E-state index >= 15 is 0 Å². The zero-order valence-electron chi connectivity index (χ0n) is 15.8. The third kappa shape index (κ3) is 1.81. The van der Waals surface area contributed by atoms with Crippen LogP contribution in [0.15, 0.2) is 72.8 Å². The van der Waals surface area contributed by atoms with Crippen molar-refractivity contribution in [3.05, 3.63) is 117 Å². The van der Waals surface area contributed by atoms with Crippen molar-refractivity contribution in [1.82, 2.24) is 0 Å². The molecule has 0 unspecified atom stereocenters. The van der Waals surface area contributed by atoms with Gasteiger partial charge in [0, 0.05) is 0 Å². The van der Waals surface area contributed by atoms with Crippen molar-refractivity contribution in [1.29, 1.82) is 0 Å². The molecule has 0 heterocycles. The zero-order chi connectivity index (χ0) is 18.2. The normalized spacial score (nSPS) is 14.6. The lowest BCUT2D eigenvalue weighted by atomic mass is 9.77. The topological polar surface area (TPSA) is 0 Å². The van der Waals surface area contributed by atoms with Crippen molar-refractivity contribution < 1.29 is 0 Å². The summed E-state index contributed by atoms with van der Waals surface area (Å²) in [6.07, 6.45) is 4.33. The second-order valence-corrected chi connectivity index (χ2v) is 8.45. The Kier molecular flexibility index (Phi) is 2.78. The molecule has 0 atom stereocenters. The van der Waals surface area contributed by atoms with Crippen LogP contribution in [-0.2, 0) is 25.7 Å². The van der Waals surface area contributed by atoms with Crippen LogP contribution >= 0.6 is 0 Å². The fourth-order valence-electron chi connectivity index (χ4n) is 5.90. The highest BCUT2D eigenvalue weighted by molar-refractivity contribution is 5.93. The quantitative estimate of drug-likeness (QED) is 0.298. The molecule has 0 saturated carbocycles. The van der Waals surface area contributed by atoms with Crippen LogP contribution in [0.25, 0.3) is 22.3 Å². The number of hydrogen-bond donors (Lipinski definition) is 0. The van der Waals surface area contributed by atoms with E-state index in [-0.39, 0.29) is 0 Å². The van der Waals surface area contributed by atoms with E-state index in [0.29, 0.717) is 0 Å². The van der Waals surface area contributed by atoms with Gasteiger partial charge in [-0.3, -0.25) is 0 Å². The van der Waals surface area contributed by atoms with Crippen LogP contribution in [0.4, 0.5) is 0 Å². The average Bonchev–Trinajstić information content (AvgIpc) is 3.31. The molecule has 0 fully saturated rings. The summed E-state index contributed by atoms with van der Waals surface area (Å²) in [5.41, 5.74) is 18.5. The van der Waals surface area contributed by atoms with E-state index in [2.05, 4.69) is 72.8 Å². The van der Waals surface area contributed by atoms with Crippen LogP contribution in [0.1, 0.15) is 44.5 Å². The Hall–Kier alpha value is -3.12. The molecule has 4 aromatic rings. The Balaban J connectivity index is 1.59. The predicted octanol–water partition coefficient (Wildman–Crippen LogP) is 6.32. The molecule has 3 aliphatic carbocycles. The lowest BCUT2D eigenvalue weighted by Crippen LogP contribution is -2.12. The third-order valence-electron chi connectivity index (χ3n) is 7.10. The second kappa shape index (κ2) is 5.23. The molecule has 0 aromatic heterocycles. The van der Waals surface area contributed by atoms with Crippen LogP contribution in [0.3, 0.4) is 0 Å². The molecule has 3 aliphatic rings.